The predicted octanol–water partition coefficient (Wildman–Crippen LogP) is 4.45. The molecule has 31 heavy (non-hydrogen) atoms. The smallest absolute Gasteiger partial charge is 0.336 e. The van der Waals surface area contributed by atoms with Gasteiger partial charge in [-0.15, -0.1) is 0 Å². The van der Waals surface area contributed by atoms with Crippen molar-refractivity contribution in [3.63, 3.8) is 0 Å². The Labute approximate surface area is 182 Å². The molecular weight excluding hydrogens is 390 g/mol. The standard InChI is InChI=1S/C26H27NO4/c1-17-23(26(29)31-16-15-18-7-4-3-5-8-18)24(19-11-13-20(30-2)14-12-19)25-21(27-17)9-6-10-22(25)28/h3-5,7-8,11-14,24,27H,6,9-10,15-16H2,1-2H3/t24-/m1/s1. The summed E-state index contributed by atoms with van der Waals surface area (Å²) in [6, 6.07) is 17.5. The predicted molar refractivity (Wildman–Crippen MR) is 119 cm³/mol. The highest BCUT2D eigenvalue weighted by molar-refractivity contribution is 6.03. The number of Topliss-reactive ketones (excluding diaryl/α,β-unsaturated/α-hetero) is 1. The van der Waals surface area contributed by atoms with Crippen LogP contribution in [0.15, 0.2) is 77.1 Å². The maximum atomic E-state index is 13.2. The van der Waals surface area contributed by atoms with E-state index in [2.05, 4.69) is 5.32 Å². The Morgan fingerprint density at radius 3 is 2.52 bits per heavy atom. The summed E-state index contributed by atoms with van der Waals surface area (Å²) in [5, 5.41) is 3.32. The fraction of sp³-hybridized carbons (Fsp3) is 0.308. The second-order valence-electron chi connectivity index (χ2n) is 7.91. The van der Waals surface area contributed by atoms with Crippen LogP contribution >= 0.6 is 0 Å². The first-order valence-electron chi connectivity index (χ1n) is 10.7. The summed E-state index contributed by atoms with van der Waals surface area (Å²) in [6.45, 7) is 2.17. The summed E-state index contributed by atoms with van der Waals surface area (Å²) in [5.41, 5.74) is 4.87. The number of hydrogen-bond acceptors (Lipinski definition) is 5. The molecule has 5 nitrogen and oxygen atoms in total. The Bertz CT molecular complexity index is 1030. The summed E-state index contributed by atoms with van der Waals surface area (Å²) < 4.78 is 11.0. The molecule has 0 saturated carbocycles. The lowest BCUT2D eigenvalue weighted by Gasteiger charge is -2.34. The van der Waals surface area contributed by atoms with Gasteiger partial charge in [-0.3, -0.25) is 4.79 Å². The number of ether oxygens (including phenoxy) is 2. The lowest BCUT2D eigenvalue weighted by molar-refractivity contribution is -0.139. The average Bonchev–Trinajstić information content (AvgIpc) is 2.79. The molecule has 0 aromatic heterocycles. The van der Waals surface area contributed by atoms with Gasteiger partial charge in [0.15, 0.2) is 5.78 Å². The highest BCUT2D eigenvalue weighted by Gasteiger charge is 2.39. The molecule has 0 fully saturated rings. The van der Waals surface area contributed by atoms with Gasteiger partial charge in [-0.25, -0.2) is 4.79 Å². The average molecular weight is 418 g/mol. The van der Waals surface area contributed by atoms with Crippen LogP contribution in [0.5, 0.6) is 5.75 Å². The van der Waals surface area contributed by atoms with Gasteiger partial charge < -0.3 is 14.8 Å². The monoisotopic (exact) mass is 417 g/mol. The zero-order valence-electron chi connectivity index (χ0n) is 17.9. The van der Waals surface area contributed by atoms with Gasteiger partial charge in [0.1, 0.15) is 5.75 Å². The molecule has 2 aliphatic rings. The number of esters is 1. The molecule has 1 heterocycles. The van der Waals surface area contributed by atoms with Gasteiger partial charge in [-0.1, -0.05) is 42.5 Å². The van der Waals surface area contributed by atoms with Crippen LogP contribution in [0.3, 0.4) is 0 Å². The summed E-state index contributed by atoms with van der Waals surface area (Å²) in [5.74, 6) is 0.0112. The van der Waals surface area contributed by atoms with Crippen LogP contribution in [-0.2, 0) is 20.7 Å². The van der Waals surface area contributed by atoms with Gasteiger partial charge >= 0.3 is 5.97 Å². The largest absolute Gasteiger partial charge is 0.497 e. The van der Waals surface area contributed by atoms with Crippen LogP contribution in [0.25, 0.3) is 0 Å². The Hall–Kier alpha value is -3.34. The lowest BCUT2D eigenvalue weighted by Crippen LogP contribution is -2.34. The van der Waals surface area contributed by atoms with Crippen LogP contribution in [-0.4, -0.2) is 25.5 Å². The molecule has 1 atom stereocenters. The summed E-state index contributed by atoms with van der Waals surface area (Å²) in [7, 11) is 1.62. The number of allylic oxidation sites excluding steroid dienone is 3. The van der Waals surface area contributed by atoms with Crippen LogP contribution in [0.4, 0.5) is 0 Å². The van der Waals surface area contributed by atoms with Crippen LogP contribution < -0.4 is 10.1 Å². The Balaban J connectivity index is 1.63. The molecule has 0 spiro atoms. The summed E-state index contributed by atoms with van der Waals surface area (Å²) >= 11 is 0. The third-order valence-electron chi connectivity index (χ3n) is 5.91. The molecule has 4 rings (SSSR count). The van der Waals surface area contributed by atoms with E-state index in [1.54, 1.807) is 7.11 Å². The number of methoxy groups -OCH3 is 1. The molecule has 160 valence electrons. The van der Waals surface area contributed by atoms with Crippen molar-refractivity contribution in [1.29, 1.82) is 0 Å². The number of benzene rings is 2. The second kappa shape index (κ2) is 9.21. The quantitative estimate of drug-likeness (QED) is 0.704. The van der Waals surface area contributed by atoms with Gasteiger partial charge in [-0.05, 0) is 43.0 Å². The Morgan fingerprint density at radius 2 is 1.81 bits per heavy atom. The van der Waals surface area contributed by atoms with E-state index in [0.717, 1.165) is 41.1 Å². The molecule has 2 aromatic rings. The summed E-state index contributed by atoms with van der Waals surface area (Å²) in [6.07, 6.45) is 2.78. The first-order valence-corrected chi connectivity index (χ1v) is 10.7. The highest BCUT2D eigenvalue weighted by Crippen LogP contribution is 2.42. The molecule has 0 amide bonds. The third kappa shape index (κ3) is 4.41. The number of carbonyl (C=O) groups is 2. The molecule has 1 aliphatic heterocycles. The second-order valence-corrected chi connectivity index (χ2v) is 7.91. The molecule has 5 heteroatoms. The van der Waals surface area contributed by atoms with Crippen molar-refractivity contribution < 1.29 is 19.1 Å². The van der Waals surface area contributed by atoms with Gasteiger partial charge in [0.05, 0.1) is 19.3 Å². The van der Waals surface area contributed by atoms with Crippen molar-refractivity contribution in [3.05, 3.63) is 88.3 Å². The number of ketones is 1. The van der Waals surface area contributed by atoms with E-state index in [1.165, 1.54) is 0 Å². The third-order valence-corrected chi connectivity index (χ3v) is 5.91. The number of hydrogen-bond donors (Lipinski definition) is 1. The zero-order chi connectivity index (χ0) is 21.8. The van der Waals surface area contributed by atoms with E-state index in [1.807, 2.05) is 61.5 Å². The zero-order valence-corrected chi connectivity index (χ0v) is 17.9. The number of carbonyl (C=O) groups excluding carboxylic acids is 2. The van der Waals surface area contributed by atoms with E-state index in [-0.39, 0.29) is 18.4 Å². The number of nitrogens with one attached hydrogen (secondary N) is 1. The molecule has 2 aromatic carbocycles. The van der Waals surface area contributed by atoms with Crippen molar-refractivity contribution in [3.8, 4) is 5.75 Å². The minimum atomic E-state index is -0.431. The maximum Gasteiger partial charge on any atom is 0.336 e. The van der Waals surface area contributed by atoms with E-state index in [9.17, 15) is 9.59 Å². The van der Waals surface area contributed by atoms with Crippen LogP contribution in [0.2, 0.25) is 0 Å². The van der Waals surface area contributed by atoms with Crippen molar-refractivity contribution in [2.24, 2.45) is 0 Å². The van der Waals surface area contributed by atoms with Crippen LogP contribution in [0.1, 0.15) is 43.2 Å². The fourth-order valence-electron chi connectivity index (χ4n) is 4.37. The van der Waals surface area contributed by atoms with Gasteiger partial charge in [0, 0.05) is 35.7 Å². The highest BCUT2D eigenvalue weighted by atomic mass is 16.5. The summed E-state index contributed by atoms with van der Waals surface area (Å²) in [4.78, 5) is 26.1. The van der Waals surface area contributed by atoms with Crippen molar-refractivity contribution >= 4 is 11.8 Å². The van der Waals surface area contributed by atoms with E-state index < -0.39 is 5.92 Å². The van der Waals surface area contributed by atoms with E-state index in [0.29, 0.717) is 24.0 Å². The minimum Gasteiger partial charge on any atom is -0.497 e. The van der Waals surface area contributed by atoms with E-state index in [4.69, 9.17) is 9.47 Å². The van der Waals surface area contributed by atoms with Crippen molar-refractivity contribution in [1.82, 2.24) is 5.32 Å². The molecule has 0 saturated heterocycles. The molecule has 1 aliphatic carbocycles. The van der Waals surface area contributed by atoms with Gasteiger partial charge in [0.25, 0.3) is 0 Å². The number of rotatable bonds is 6. The minimum absolute atomic E-state index is 0.0941. The van der Waals surface area contributed by atoms with Gasteiger partial charge in [-0.2, -0.15) is 0 Å². The van der Waals surface area contributed by atoms with Crippen molar-refractivity contribution in [2.75, 3.05) is 13.7 Å². The topological polar surface area (TPSA) is 64.6 Å². The molecule has 0 radical (unpaired) electrons. The normalized spacial score (nSPS) is 18.4. The van der Waals surface area contributed by atoms with Crippen LogP contribution in [0, 0.1) is 0 Å². The lowest BCUT2D eigenvalue weighted by atomic mass is 9.75. The Morgan fingerprint density at radius 1 is 1.06 bits per heavy atom. The van der Waals surface area contributed by atoms with Crippen molar-refractivity contribution in [2.45, 2.75) is 38.5 Å². The van der Waals surface area contributed by atoms with E-state index >= 15 is 0 Å². The molecule has 0 bridgehead atoms. The molecule has 1 N–H and O–H groups in total. The van der Waals surface area contributed by atoms with Gasteiger partial charge in [0.2, 0.25) is 0 Å². The molecular formula is C26H27NO4. The first kappa shape index (κ1) is 20.9. The SMILES string of the molecule is COc1ccc([C@@H]2C(C(=O)OCCc3ccccc3)=C(C)NC3=C2C(=O)CCC3)cc1. The fourth-order valence-corrected chi connectivity index (χ4v) is 4.37. The first-order chi connectivity index (χ1) is 15.1. The number of dihydropyridines is 1. The maximum absolute atomic E-state index is 13.2. The molecule has 0 unspecified atom stereocenters. The Kier molecular flexibility index (Phi) is 6.21.